The molecule has 0 bridgehead atoms. The van der Waals surface area contributed by atoms with Crippen molar-refractivity contribution in [2.75, 3.05) is 25.1 Å². The van der Waals surface area contributed by atoms with Gasteiger partial charge in [0, 0.05) is 42.4 Å². The van der Waals surface area contributed by atoms with E-state index in [0.717, 1.165) is 79.7 Å². The fourth-order valence-corrected chi connectivity index (χ4v) is 11.8. The van der Waals surface area contributed by atoms with Gasteiger partial charge in [0.15, 0.2) is 5.82 Å². The third-order valence-electron chi connectivity index (χ3n) is 11.1. The Kier molecular flexibility index (Phi) is 23.2. The number of aliphatic imine (C=N–C) groups is 1. The van der Waals surface area contributed by atoms with E-state index in [1.165, 1.54) is 29.0 Å². The first-order valence-corrected chi connectivity index (χ1v) is 26.9. The molecule has 10 aromatic rings. The van der Waals surface area contributed by atoms with Crippen LogP contribution in [0, 0.1) is 41.5 Å². The summed E-state index contributed by atoms with van der Waals surface area (Å²) in [4.78, 5) is 29.9. The standard InChI is InChI=1S/C29H26N3P.C13H14N4.C11H13N3.C2H3NO.3C2H6/c1-23-22-32(24(2)30-23)29-21-13-12-20-28(29)31-33(25-14-6-3-7-15-25,26-16-8-4-9-17-26)27-18-10-5-11-19-27;1-8-12-13(14-3)16-10-6-4-5-7-11(10)17(12)9(2)15-8;1-8-7-14(9(2)13-8)11-6-4-3-5-10(11)12;1-3-2-4;3*1-2/h3-22H,1-2H3;4-7H,1-3H3,(H,14,16);3-7H,12H2,1-2H3;1H3;3*1-2H3. The van der Waals surface area contributed by atoms with E-state index in [1.54, 1.807) is 0 Å². The fourth-order valence-electron chi connectivity index (χ4n) is 8.23. The number of nitrogens with two attached hydrogens (primary N) is 1. The van der Waals surface area contributed by atoms with Gasteiger partial charge >= 0.3 is 0 Å². The van der Waals surface area contributed by atoms with Crippen LogP contribution in [0.3, 0.4) is 0 Å². The van der Waals surface area contributed by atoms with Gasteiger partial charge in [-0.25, -0.2) is 29.7 Å². The Hall–Kier alpha value is -8.17. The Morgan fingerprint density at radius 3 is 1.39 bits per heavy atom. The largest absolute Gasteiger partial charge is 0.397 e. The first kappa shape index (κ1) is 58.4. The molecule has 384 valence electrons. The van der Waals surface area contributed by atoms with Crippen LogP contribution in [-0.2, 0) is 4.79 Å². The van der Waals surface area contributed by atoms with Crippen molar-refractivity contribution >= 4 is 62.8 Å². The summed E-state index contributed by atoms with van der Waals surface area (Å²) in [5.74, 6) is 3.79. The van der Waals surface area contributed by atoms with Gasteiger partial charge in [0.25, 0.3) is 0 Å². The van der Waals surface area contributed by atoms with Crippen LogP contribution in [0.4, 0.5) is 17.2 Å². The van der Waals surface area contributed by atoms with Gasteiger partial charge in [-0.05, 0) is 77.9 Å². The van der Waals surface area contributed by atoms with Crippen LogP contribution >= 0.6 is 7.05 Å². The molecule has 74 heavy (non-hydrogen) atoms. The second-order valence-corrected chi connectivity index (χ2v) is 18.9. The van der Waals surface area contributed by atoms with E-state index >= 15 is 0 Å². The maximum atomic E-state index is 8.88. The van der Waals surface area contributed by atoms with Crippen molar-refractivity contribution in [1.29, 1.82) is 0 Å². The Bertz CT molecular complexity index is 3290. The van der Waals surface area contributed by atoms with Gasteiger partial charge < -0.3 is 20.2 Å². The minimum Gasteiger partial charge on any atom is -0.397 e. The molecule has 0 aliphatic carbocycles. The average Bonchev–Trinajstić information content (AvgIpc) is 4.09. The molecule has 4 heterocycles. The Morgan fingerprint density at radius 2 is 0.946 bits per heavy atom. The number of nitrogens with zero attached hydrogens (tertiary/aromatic N) is 9. The highest BCUT2D eigenvalue weighted by Crippen LogP contribution is 2.50. The molecule has 10 rings (SSSR count). The molecule has 0 spiro atoms. The quantitative estimate of drug-likeness (QED) is 0.0699. The Balaban J connectivity index is 0.000000242. The summed E-state index contributed by atoms with van der Waals surface area (Å²) in [6.07, 6.45) is 5.37. The summed E-state index contributed by atoms with van der Waals surface area (Å²) >= 11 is 0. The summed E-state index contributed by atoms with van der Waals surface area (Å²) in [7, 11) is 0.930. The molecule has 0 radical (unpaired) electrons. The highest BCUT2D eigenvalue weighted by Gasteiger charge is 2.28. The highest BCUT2D eigenvalue weighted by molar-refractivity contribution is 7.87. The molecule has 0 saturated heterocycles. The Labute approximate surface area is 439 Å². The lowest BCUT2D eigenvalue weighted by Gasteiger charge is -2.27. The normalized spacial score (nSPS) is 10.1. The van der Waals surface area contributed by atoms with Gasteiger partial charge in [0.1, 0.15) is 23.0 Å². The molecular formula is C61H74N11OP. The molecule has 0 atom stereocenters. The number of carbonyl (C=O) groups excluding carboxylic acids is 1. The number of rotatable bonds is 7. The number of hydrogen-bond acceptors (Lipinski definition) is 9. The molecule has 13 heteroatoms. The third-order valence-corrected chi connectivity index (χ3v) is 14.8. The number of benzene rings is 6. The average molecular weight is 1010 g/mol. The molecule has 0 unspecified atom stereocenters. The molecule has 0 amide bonds. The number of aromatic nitrogens is 7. The first-order valence-electron chi connectivity index (χ1n) is 25.2. The van der Waals surface area contributed by atoms with Gasteiger partial charge in [-0.2, -0.15) is 0 Å². The summed E-state index contributed by atoms with van der Waals surface area (Å²) < 4.78 is 12.0. The second-order valence-electron chi connectivity index (χ2n) is 15.8. The fraction of sp³-hybridized carbons (Fsp3) is 0.230. The van der Waals surface area contributed by atoms with Crippen LogP contribution in [0.25, 0.3) is 27.9 Å². The first-order chi connectivity index (χ1) is 36.0. The zero-order chi connectivity index (χ0) is 54.2. The zero-order valence-corrected chi connectivity index (χ0v) is 46.6. The van der Waals surface area contributed by atoms with Crippen LogP contribution in [-0.4, -0.2) is 53.6 Å². The Morgan fingerprint density at radius 1 is 0.527 bits per heavy atom. The summed E-state index contributed by atoms with van der Waals surface area (Å²) in [6, 6.07) is 56.4. The van der Waals surface area contributed by atoms with Crippen LogP contribution in [0.5, 0.6) is 0 Å². The summed E-state index contributed by atoms with van der Waals surface area (Å²) in [5.41, 5.74) is 15.8. The van der Waals surface area contributed by atoms with Crippen molar-refractivity contribution in [1.82, 2.24) is 33.5 Å². The molecule has 6 aromatic carbocycles. The van der Waals surface area contributed by atoms with Crippen LogP contribution in [0.2, 0.25) is 0 Å². The molecule has 0 fully saturated rings. The summed E-state index contributed by atoms with van der Waals surface area (Å²) in [5, 5.41) is 6.84. The lowest BCUT2D eigenvalue weighted by Crippen LogP contribution is -2.25. The van der Waals surface area contributed by atoms with Gasteiger partial charge in [-0.15, -0.1) is 0 Å². The molecule has 0 aliphatic heterocycles. The van der Waals surface area contributed by atoms with Crippen molar-refractivity contribution in [2.45, 2.75) is 83.1 Å². The number of fused-ring (bicyclic) bond motifs is 3. The van der Waals surface area contributed by atoms with Crippen LogP contribution < -0.4 is 27.0 Å². The maximum Gasteiger partial charge on any atom is 0.234 e. The van der Waals surface area contributed by atoms with E-state index in [1.807, 2.05) is 143 Å². The molecule has 12 nitrogen and oxygen atoms in total. The lowest BCUT2D eigenvalue weighted by molar-refractivity contribution is 0.564. The zero-order valence-electron chi connectivity index (χ0n) is 45.7. The molecule has 4 aromatic heterocycles. The lowest BCUT2D eigenvalue weighted by atomic mass is 10.2. The highest BCUT2D eigenvalue weighted by atomic mass is 31.2. The minimum atomic E-state index is -2.34. The van der Waals surface area contributed by atoms with Crippen LogP contribution in [0.15, 0.2) is 186 Å². The van der Waals surface area contributed by atoms with Gasteiger partial charge in [0.2, 0.25) is 6.08 Å². The number of nitrogens with one attached hydrogen (secondary N) is 1. The monoisotopic (exact) mass is 1010 g/mol. The van der Waals surface area contributed by atoms with Crippen molar-refractivity contribution in [3.63, 3.8) is 0 Å². The smallest absolute Gasteiger partial charge is 0.234 e. The predicted molar refractivity (Wildman–Crippen MR) is 315 cm³/mol. The number of nitrogen functional groups attached to an aromatic ring is 1. The molecular weight excluding hydrogens is 934 g/mol. The van der Waals surface area contributed by atoms with Crippen molar-refractivity contribution in [2.24, 2.45) is 9.74 Å². The molecule has 0 aliphatic rings. The number of imidazole rings is 3. The number of aryl methyl sites for hydroxylation is 6. The van der Waals surface area contributed by atoms with Crippen molar-refractivity contribution < 1.29 is 4.79 Å². The minimum absolute atomic E-state index is 0.771. The molecule has 0 saturated carbocycles. The van der Waals surface area contributed by atoms with Gasteiger partial charge in [-0.3, -0.25) is 9.15 Å². The second kappa shape index (κ2) is 29.4. The van der Waals surface area contributed by atoms with E-state index in [2.05, 4.69) is 167 Å². The SMILES string of the molecule is CC.CC.CC.CN=C=O.CNc1nc2ccccc2n2c(C)nc(C)c12.Cc1cn(-c2ccccc2N)c(C)n1.Cc1cn(-c2ccccc2N=P(c2ccccc2)(c2ccccc2)c2ccccc2)c(C)n1. The van der Waals surface area contributed by atoms with Crippen molar-refractivity contribution in [3.8, 4) is 11.4 Å². The van der Waals surface area contributed by atoms with E-state index < -0.39 is 7.05 Å². The number of anilines is 2. The number of hydrogen-bond donors (Lipinski definition) is 2. The van der Waals surface area contributed by atoms with Crippen LogP contribution in [0.1, 0.15) is 76.1 Å². The van der Waals surface area contributed by atoms with Crippen molar-refractivity contribution in [3.05, 3.63) is 211 Å². The van der Waals surface area contributed by atoms with E-state index in [0.29, 0.717) is 0 Å². The van der Waals surface area contributed by atoms with Gasteiger partial charge in [-0.1, -0.05) is 169 Å². The van der Waals surface area contributed by atoms with E-state index in [9.17, 15) is 0 Å². The topological polar surface area (TPSA) is 146 Å². The number of isocyanates is 1. The van der Waals surface area contributed by atoms with E-state index in [-0.39, 0.29) is 0 Å². The molecule has 3 N–H and O–H groups in total. The number of para-hydroxylation sites is 5. The third kappa shape index (κ3) is 13.9. The predicted octanol–water partition coefficient (Wildman–Crippen LogP) is 13.9. The summed E-state index contributed by atoms with van der Waals surface area (Å²) in [6.45, 7) is 24.0. The van der Waals surface area contributed by atoms with E-state index in [4.69, 9.17) is 15.3 Å². The maximum absolute atomic E-state index is 8.88. The van der Waals surface area contributed by atoms with Gasteiger partial charge in [0.05, 0.1) is 57.9 Å².